The molecule has 0 saturated carbocycles. The van der Waals surface area contributed by atoms with Crippen LogP contribution in [0.15, 0.2) is 29.6 Å². The third kappa shape index (κ3) is 2.52. The van der Waals surface area contributed by atoms with Gasteiger partial charge in [-0.25, -0.2) is 9.97 Å². The summed E-state index contributed by atoms with van der Waals surface area (Å²) in [6.07, 6.45) is 0. The van der Waals surface area contributed by atoms with Crippen LogP contribution in [0, 0.1) is 6.92 Å². The SMILES string of the molecule is Cc1nc(CNCc2nc3ccccc3n2C)cs1. The van der Waals surface area contributed by atoms with Gasteiger partial charge in [-0.1, -0.05) is 12.1 Å². The summed E-state index contributed by atoms with van der Waals surface area (Å²) in [4.78, 5) is 9.07. The highest BCUT2D eigenvalue weighted by Crippen LogP contribution is 2.14. The van der Waals surface area contributed by atoms with Gasteiger partial charge < -0.3 is 9.88 Å². The molecule has 3 aromatic rings. The normalized spacial score (nSPS) is 11.3. The van der Waals surface area contributed by atoms with E-state index in [4.69, 9.17) is 0 Å². The molecule has 4 nitrogen and oxygen atoms in total. The van der Waals surface area contributed by atoms with Gasteiger partial charge in [0, 0.05) is 19.0 Å². The first-order valence-electron chi connectivity index (χ1n) is 6.26. The monoisotopic (exact) mass is 272 g/mol. The molecule has 0 saturated heterocycles. The standard InChI is InChI=1S/C14H16N4S/c1-10-16-11(9-19-10)7-15-8-14-17-12-5-3-4-6-13(12)18(14)2/h3-6,9,15H,7-8H2,1-2H3. The molecule has 0 aliphatic rings. The van der Waals surface area contributed by atoms with Crippen molar-refractivity contribution in [3.8, 4) is 0 Å². The van der Waals surface area contributed by atoms with Crippen LogP contribution in [-0.2, 0) is 20.1 Å². The average Bonchev–Trinajstić information content (AvgIpc) is 2.96. The second kappa shape index (κ2) is 5.11. The molecule has 3 rings (SSSR count). The lowest BCUT2D eigenvalue weighted by Crippen LogP contribution is -2.16. The lowest BCUT2D eigenvalue weighted by Gasteiger charge is -2.03. The summed E-state index contributed by atoms with van der Waals surface area (Å²) in [5.74, 6) is 1.05. The molecular weight excluding hydrogens is 256 g/mol. The predicted molar refractivity (Wildman–Crippen MR) is 78.1 cm³/mol. The summed E-state index contributed by atoms with van der Waals surface area (Å²) in [6.45, 7) is 3.56. The highest BCUT2D eigenvalue weighted by Gasteiger charge is 2.06. The maximum absolute atomic E-state index is 4.63. The lowest BCUT2D eigenvalue weighted by atomic mass is 10.3. The van der Waals surface area contributed by atoms with E-state index in [9.17, 15) is 0 Å². The maximum atomic E-state index is 4.63. The van der Waals surface area contributed by atoms with Crippen molar-refractivity contribution >= 4 is 22.4 Å². The fraction of sp³-hybridized carbons (Fsp3) is 0.286. The van der Waals surface area contributed by atoms with Crippen molar-refractivity contribution in [1.29, 1.82) is 0 Å². The fourth-order valence-corrected chi connectivity index (χ4v) is 2.76. The molecule has 19 heavy (non-hydrogen) atoms. The molecule has 0 unspecified atom stereocenters. The summed E-state index contributed by atoms with van der Waals surface area (Å²) in [6, 6.07) is 8.20. The second-order valence-corrected chi connectivity index (χ2v) is 5.60. The van der Waals surface area contributed by atoms with E-state index in [1.54, 1.807) is 11.3 Å². The van der Waals surface area contributed by atoms with E-state index in [2.05, 4.69) is 38.3 Å². The van der Waals surface area contributed by atoms with Crippen LogP contribution in [0.4, 0.5) is 0 Å². The summed E-state index contributed by atoms with van der Waals surface area (Å²) >= 11 is 1.69. The summed E-state index contributed by atoms with van der Waals surface area (Å²) in [7, 11) is 2.05. The minimum absolute atomic E-state index is 0.752. The van der Waals surface area contributed by atoms with Gasteiger partial charge in [0.2, 0.25) is 0 Å². The zero-order valence-corrected chi connectivity index (χ0v) is 11.9. The van der Waals surface area contributed by atoms with Crippen molar-refractivity contribution in [2.75, 3.05) is 0 Å². The third-order valence-electron chi connectivity index (χ3n) is 3.14. The second-order valence-electron chi connectivity index (χ2n) is 4.54. The Balaban J connectivity index is 1.70. The number of nitrogens with zero attached hydrogens (tertiary/aromatic N) is 3. The van der Waals surface area contributed by atoms with Crippen molar-refractivity contribution in [2.45, 2.75) is 20.0 Å². The molecule has 2 heterocycles. The number of imidazole rings is 1. The van der Waals surface area contributed by atoms with Gasteiger partial charge in [0.25, 0.3) is 0 Å². The number of aromatic nitrogens is 3. The van der Waals surface area contributed by atoms with Gasteiger partial charge in [-0.3, -0.25) is 0 Å². The smallest absolute Gasteiger partial charge is 0.123 e. The quantitative estimate of drug-likeness (QED) is 0.794. The van der Waals surface area contributed by atoms with E-state index < -0.39 is 0 Å². The van der Waals surface area contributed by atoms with Gasteiger partial charge in [0.1, 0.15) is 5.82 Å². The minimum Gasteiger partial charge on any atom is -0.330 e. The minimum atomic E-state index is 0.752. The van der Waals surface area contributed by atoms with Crippen molar-refractivity contribution in [3.05, 3.63) is 46.2 Å². The van der Waals surface area contributed by atoms with Gasteiger partial charge in [0.05, 0.1) is 28.3 Å². The Morgan fingerprint density at radius 3 is 2.79 bits per heavy atom. The van der Waals surface area contributed by atoms with E-state index in [0.717, 1.165) is 35.1 Å². The Labute approximate surface area is 116 Å². The first kappa shape index (κ1) is 12.3. The van der Waals surface area contributed by atoms with E-state index >= 15 is 0 Å². The first-order chi connectivity index (χ1) is 9.24. The molecule has 2 aromatic heterocycles. The maximum Gasteiger partial charge on any atom is 0.123 e. The number of hydrogen-bond acceptors (Lipinski definition) is 4. The molecular formula is C14H16N4S. The number of fused-ring (bicyclic) bond motifs is 1. The molecule has 0 fully saturated rings. The summed E-state index contributed by atoms with van der Waals surface area (Å²) in [5, 5.41) is 6.60. The highest BCUT2D eigenvalue weighted by atomic mass is 32.1. The Kier molecular flexibility index (Phi) is 3.31. The van der Waals surface area contributed by atoms with E-state index in [1.807, 2.05) is 25.1 Å². The van der Waals surface area contributed by atoms with Gasteiger partial charge in [0.15, 0.2) is 0 Å². The number of thiazole rings is 1. The first-order valence-corrected chi connectivity index (χ1v) is 7.14. The average molecular weight is 272 g/mol. The van der Waals surface area contributed by atoms with Crippen LogP contribution < -0.4 is 5.32 Å². The molecule has 0 radical (unpaired) electrons. The highest BCUT2D eigenvalue weighted by molar-refractivity contribution is 7.09. The molecule has 0 aliphatic heterocycles. The van der Waals surface area contributed by atoms with Crippen LogP contribution in [0.5, 0.6) is 0 Å². The van der Waals surface area contributed by atoms with Crippen LogP contribution in [0.2, 0.25) is 0 Å². The number of benzene rings is 1. The number of aryl methyl sites for hydroxylation is 2. The molecule has 0 amide bonds. The molecule has 5 heteroatoms. The van der Waals surface area contributed by atoms with Crippen LogP contribution >= 0.6 is 11.3 Å². The van der Waals surface area contributed by atoms with E-state index in [0.29, 0.717) is 0 Å². The van der Waals surface area contributed by atoms with Crippen LogP contribution in [0.1, 0.15) is 16.5 Å². The Hall–Kier alpha value is -1.72. The number of para-hydroxylation sites is 2. The fourth-order valence-electron chi connectivity index (χ4n) is 2.15. The molecule has 0 atom stereocenters. The Morgan fingerprint density at radius 2 is 2.05 bits per heavy atom. The number of hydrogen-bond donors (Lipinski definition) is 1. The van der Waals surface area contributed by atoms with Gasteiger partial charge in [-0.15, -0.1) is 11.3 Å². The zero-order valence-electron chi connectivity index (χ0n) is 11.1. The van der Waals surface area contributed by atoms with Gasteiger partial charge >= 0.3 is 0 Å². The van der Waals surface area contributed by atoms with E-state index in [-0.39, 0.29) is 0 Å². The lowest BCUT2D eigenvalue weighted by molar-refractivity contribution is 0.636. The Morgan fingerprint density at radius 1 is 1.21 bits per heavy atom. The molecule has 0 bridgehead atoms. The molecule has 0 aliphatic carbocycles. The van der Waals surface area contributed by atoms with Crippen molar-refractivity contribution in [1.82, 2.24) is 19.9 Å². The van der Waals surface area contributed by atoms with Gasteiger partial charge in [-0.2, -0.15) is 0 Å². The van der Waals surface area contributed by atoms with Crippen molar-refractivity contribution in [3.63, 3.8) is 0 Å². The summed E-state index contributed by atoms with van der Waals surface area (Å²) in [5.41, 5.74) is 3.32. The van der Waals surface area contributed by atoms with Gasteiger partial charge in [-0.05, 0) is 19.1 Å². The number of rotatable bonds is 4. The third-order valence-corrected chi connectivity index (χ3v) is 3.96. The van der Waals surface area contributed by atoms with E-state index in [1.165, 1.54) is 5.52 Å². The molecule has 0 spiro atoms. The predicted octanol–water partition coefficient (Wildman–Crippen LogP) is 2.63. The van der Waals surface area contributed by atoms with Crippen LogP contribution in [0.3, 0.4) is 0 Å². The van der Waals surface area contributed by atoms with Crippen LogP contribution in [0.25, 0.3) is 11.0 Å². The van der Waals surface area contributed by atoms with Crippen molar-refractivity contribution < 1.29 is 0 Å². The largest absolute Gasteiger partial charge is 0.330 e. The zero-order chi connectivity index (χ0) is 13.2. The Bertz CT molecular complexity index is 698. The van der Waals surface area contributed by atoms with Crippen molar-refractivity contribution in [2.24, 2.45) is 7.05 Å². The topological polar surface area (TPSA) is 42.7 Å². The summed E-state index contributed by atoms with van der Waals surface area (Å²) < 4.78 is 2.13. The van der Waals surface area contributed by atoms with Crippen LogP contribution in [-0.4, -0.2) is 14.5 Å². The number of nitrogens with one attached hydrogen (secondary N) is 1. The molecule has 1 aromatic carbocycles. The molecule has 98 valence electrons. The molecule has 1 N–H and O–H groups in total.